The van der Waals surface area contributed by atoms with Crippen molar-refractivity contribution in [3.05, 3.63) is 47.7 Å². The maximum absolute atomic E-state index is 12.4. The number of nitriles is 1. The van der Waals surface area contributed by atoms with Gasteiger partial charge in [-0.05, 0) is 25.1 Å². The number of carbonyl (C=O) groups is 1. The molecular formula is C20H21N3O4. The summed E-state index contributed by atoms with van der Waals surface area (Å²) in [7, 11) is 0. The summed E-state index contributed by atoms with van der Waals surface area (Å²) in [5.41, 5.74) is 0.514. The zero-order chi connectivity index (χ0) is 19.1. The van der Waals surface area contributed by atoms with Crippen LogP contribution in [0, 0.1) is 11.3 Å². The molecule has 27 heavy (non-hydrogen) atoms. The molecule has 1 amide bonds. The molecule has 2 aromatic rings. The van der Waals surface area contributed by atoms with Crippen molar-refractivity contribution in [3.63, 3.8) is 0 Å². The predicted octanol–water partition coefficient (Wildman–Crippen LogP) is 3.06. The third-order valence-corrected chi connectivity index (χ3v) is 3.99. The minimum Gasteiger partial charge on any atom is -0.494 e. The molecule has 7 nitrogen and oxygen atoms in total. The van der Waals surface area contributed by atoms with E-state index in [9.17, 15) is 10.1 Å². The second-order valence-corrected chi connectivity index (χ2v) is 5.86. The van der Waals surface area contributed by atoms with E-state index in [0.29, 0.717) is 42.9 Å². The zero-order valence-electron chi connectivity index (χ0n) is 15.1. The van der Waals surface area contributed by atoms with E-state index >= 15 is 0 Å². The lowest BCUT2D eigenvalue weighted by atomic mass is 10.2. The van der Waals surface area contributed by atoms with Gasteiger partial charge < -0.3 is 24.1 Å². The molecule has 3 rings (SSSR count). The van der Waals surface area contributed by atoms with Crippen molar-refractivity contribution in [2.45, 2.75) is 6.92 Å². The molecule has 1 aromatic carbocycles. The number of anilines is 2. The summed E-state index contributed by atoms with van der Waals surface area (Å²) in [5, 5.41) is 12.1. The lowest BCUT2D eigenvalue weighted by Gasteiger charge is -2.26. The first-order chi connectivity index (χ1) is 13.2. The molecule has 7 heteroatoms. The van der Waals surface area contributed by atoms with Crippen LogP contribution in [0.4, 0.5) is 11.6 Å². The summed E-state index contributed by atoms with van der Waals surface area (Å²) in [6.45, 7) is 5.22. The quantitative estimate of drug-likeness (QED) is 0.624. The molecule has 1 saturated heterocycles. The lowest BCUT2D eigenvalue weighted by molar-refractivity contribution is -0.112. The minimum atomic E-state index is -0.504. The van der Waals surface area contributed by atoms with Crippen molar-refractivity contribution in [1.82, 2.24) is 0 Å². The molecule has 0 radical (unpaired) electrons. The summed E-state index contributed by atoms with van der Waals surface area (Å²) in [6.07, 6.45) is 1.44. The Kier molecular flexibility index (Phi) is 6.13. The molecule has 0 aliphatic carbocycles. The van der Waals surface area contributed by atoms with E-state index in [1.165, 1.54) is 6.08 Å². The first kappa shape index (κ1) is 18.5. The van der Waals surface area contributed by atoms with Gasteiger partial charge in [0.05, 0.1) is 19.8 Å². The first-order valence-electron chi connectivity index (χ1n) is 8.78. The Morgan fingerprint density at radius 3 is 2.89 bits per heavy atom. The molecule has 1 fully saturated rings. The highest BCUT2D eigenvalue weighted by Gasteiger charge is 2.16. The van der Waals surface area contributed by atoms with E-state index < -0.39 is 5.91 Å². The molecule has 1 N–H and O–H groups in total. The minimum absolute atomic E-state index is 0.0420. The van der Waals surface area contributed by atoms with E-state index in [1.54, 1.807) is 30.3 Å². The molecule has 140 valence electrons. The number of benzene rings is 1. The Hall–Kier alpha value is -3.24. The first-order valence-corrected chi connectivity index (χ1v) is 8.78. The van der Waals surface area contributed by atoms with Crippen molar-refractivity contribution in [2.24, 2.45) is 0 Å². The van der Waals surface area contributed by atoms with Crippen LogP contribution in [0.5, 0.6) is 5.75 Å². The summed E-state index contributed by atoms with van der Waals surface area (Å²) < 4.78 is 16.5. The fraction of sp³-hybridized carbons (Fsp3) is 0.300. The molecule has 0 unspecified atom stereocenters. The molecule has 1 aliphatic heterocycles. The van der Waals surface area contributed by atoms with Gasteiger partial charge in [0.15, 0.2) is 5.88 Å². The number of morpholine rings is 1. The van der Waals surface area contributed by atoms with Crippen LogP contribution in [0.2, 0.25) is 0 Å². The smallest absolute Gasteiger partial charge is 0.266 e. The van der Waals surface area contributed by atoms with Gasteiger partial charge in [-0.3, -0.25) is 4.79 Å². The van der Waals surface area contributed by atoms with Gasteiger partial charge in [-0.25, -0.2) is 0 Å². The maximum atomic E-state index is 12.4. The van der Waals surface area contributed by atoms with Gasteiger partial charge in [0, 0.05) is 37.0 Å². The van der Waals surface area contributed by atoms with Gasteiger partial charge in [-0.2, -0.15) is 5.26 Å². The monoisotopic (exact) mass is 367 g/mol. The Morgan fingerprint density at radius 2 is 2.15 bits per heavy atom. The van der Waals surface area contributed by atoms with E-state index in [2.05, 4.69) is 10.2 Å². The second kappa shape index (κ2) is 8.92. The average Bonchev–Trinajstić information content (AvgIpc) is 3.16. The van der Waals surface area contributed by atoms with Crippen LogP contribution in [0.15, 0.2) is 46.4 Å². The highest BCUT2D eigenvalue weighted by atomic mass is 16.5. The van der Waals surface area contributed by atoms with Crippen molar-refractivity contribution in [3.8, 4) is 11.8 Å². The number of furan rings is 1. The van der Waals surface area contributed by atoms with E-state index in [4.69, 9.17) is 13.9 Å². The third kappa shape index (κ3) is 4.90. The van der Waals surface area contributed by atoms with Crippen molar-refractivity contribution >= 4 is 23.6 Å². The van der Waals surface area contributed by atoms with Gasteiger partial charge in [0.2, 0.25) is 0 Å². The number of hydrogen-bond acceptors (Lipinski definition) is 6. The molecule has 0 spiro atoms. The standard InChI is InChI=1S/C20H21N3O4/c1-2-26-17-5-3-4-16(13-17)22-20(24)15(14-21)12-18-6-7-19(27-18)23-8-10-25-11-9-23/h3-7,12-13H,2,8-11H2,1H3,(H,22,24)/b15-12+. The highest BCUT2D eigenvalue weighted by molar-refractivity contribution is 6.09. The number of nitrogens with one attached hydrogen (secondary N) is 1. The van der Waals surface area contributed by atoms with Crippen molar-refractivity contribution in [1.29, 1.82) is 5.26 Å². The normalized spacial score (nSPS) is 14.5. The summed E-state index contributed by atoms with van der Waals surface area (Å²) in [5.74, 6) is 1.30. The van der Waals surface area contributed by atoms with Gasteiger partial charge in [0.25, 0.3) is 5.91 Å². The largest absolute Gasteiger partial charge is 0.494 e. The number of ether oxygens (including phenoxy) is 2. The van der Waals surface area contributed by atoms with Gasteiger partial charge in [-0.1, -0.05) is 6.07 Å². The summed E-state index contributed by atoms with van der Waals surface area (Å²) >= 11 is 0. The highest BCUT2D eigenvalue weighted by Crippen LogP contribution is 2.22. The number of nitrogens with zero attached hydrogens (tertiary/aromatic N) is 2. The Balaban J connectivity index is 1.70. The van der Waals surface area contributed by atoms with Crippen LogP contribution in [0.1, 0.15) is 12.7 Å². The van der Waals surface area contributed by atoms with Crippen LogP contribution in [-0.4, -0.2) is 38.8 Å². The van der Waals surface area contributed by atoms with Crippen LogP contribution < -0.4 is 15.0 Å². The lowest BCUT2D eigenvalue weighted by Crippen LogP contribution is -2.35. The number of amides is 1. The van der Waals surface area contributed by atoms with E-state index in [-0.39, 0.29) is 5.57 Å². The third-order valence-electron chi connectivity index (χ3n) is 3.99. The zero-order valence-corrected chi connectivity index (χ0v) is 15.1. The fourth-order valence-electron chi connectivity index (χ4n) is 2.69. The average molecular weight is 367 g/mol. The molecule has 2 heterocycles. The van der Waals surface area contributed by atoms with Crippen LogP contribution in [-0.2, 0) is 9.53 Å². The topological polar surface area (TPSA) is 87.7 Å². The molecule has 0 saturated carbocycles. The molecular weight excluding hydrogens is 346 g/mol. The summed E-state index contributed by atoms with van der Waals surface area (Å²) in [4.78, 5) is 14.5. The Morgan fingerprint density at radius 1 is 1.33 bits per heavy atom. The number of carbonyl (C=O) groups excluding carboxylic acids is 1. The van der Waals surface area contributed by atoms with Crippen molar-refractivity contribution in [2.75, 3.05) is 43.1 Å². The van der Waals surface area contributed by atoms with Crippen LogP contribution in [0.25, 0.3) is 6.08 Å². The Bertz CT molecular complexity index is 860. The number of hydrogen-bond donors (Lipinski definition) is 1. The fourth-order valence-corrected chi connectivity index (χ4v) is 2.69. The SMILES string of the molecule is CCOc1cccc(NC(=O)/C(C#N)=C/c2ccc(N3CCOCC3)o2)c1. The summed E-state index contributed by atoms with van der Waals surface area (Å²) in [6, 6.07) is 12.5. The molecule has 0 atom stereocenters. The second-order valence-electron chi connectivity index (χ2n) is 5.86. The van der Waals surface area contributed by atoms with Gasteiger partial charge in [0.1, 0.15) is 23.2 Å². The van der Waals surface area contributed by atoms with Crippen LogP contribution in [0.3, 0.4) is 0 Å². The molecule has 0 bridgehead atoms. The van der Waals surface area contributed by atoms with Crippen LogP contribution >= 0.6 is 0 Å². The van der Waals surface area contributed by atoms with Crippen molar-refractivity contribution < 1.29 is 18.7 Å². The predicted molar refractivity (Wildman–Crippen MR) is 102 cm³/mol. The van der Waals surface area contributed by atoms with E-state index in [0.717, 1.165) is 13.1 Å². The molecule has 1 aromatic heterocycles. The van der Waals surface area contributed by atoms with E-state index in [1.807, 2.05) is 19.1 Å². The maximum Gasteiger partial charge on any atom is 0.266 e. The number of rotatable bonds is 6. The van der Waals surface area contributed by atoms with Gasteiger partial charge >= 0.3 is 0 Å². The van der Waals surface area contributed by atoms with Gasteiger partial charge in [-0.15, -0.1) is 0 Å². The Labute approximate surface area is 157 Å². The molecule has 1 aliphatic rings.